The maximum absolute atomic E-state index is 5.54. The van der Waals surface area contributed by atoms with Gasteiger partial charge in [-0.05, 0) is 34.5 Å². The summed E-state index contributed by atoms with van der Waals surface area (Å²) < 4.78 is 1.16. The molecule has 0 fully saturated rings. The van der Waals surface area contributed by atoms with Crippen molar-refractivity contribution in [2.75, 3.05) is 5.75 Å². The molecule has 0 saturated heterocycles. The average Bonchev–Trinajstić information content (AvgIpc) is 2.31. The number of hydrogen-bond acceptors (Lipinski definition) is 3. The first kappa shape index (κ1) is 14.0. The van der Waals surface area contributed by atoms with Crippen LogP contribution in [-0.2, 0) is 0 Å². The van der Waals surface area contributed by atoms with Gasteiger partial charge < -0.3 is 0 Å². The number of hydrogen-bond donors (Lipinski definition) is 2. The molecule has 1 aromatic rings. The number of rotatable bonds is 7. The predicted molar refractivity (Wildman–Crippen MR) is 75.5 cm³/mol. The average molecular weight is 303 g/mol. The maximum atomic E-state index is 5.54. The van der Waals surface area contributed by atoms with Crippen molar-refractivity contribution >= 4 is 27.7 Å². The molecule has 0 aromatic heterocycles. The van der Waals surface area contributed by atoms with Crippen LogP contribution in [0.15, 0.2) is 33.6 Å². The van der Waals surface area contributed by atoms with E-state index in [1.807, 2.05) is 17.8 Å². The van der Waals surface area contributed by atoms with E-state index >= 15 is 0 Å². The number of halogens is 1. The van der Waals surface area contributed by atoms with Crippen molar-refractivity contribution in [3.63, 3.8) is 0 Å². The van der Waals surface area contributed by atoms with E-state index in [2.05, 4.69) is 46.5 Å². The molecule has 1 atom stereocenters. The molecule has 1 rings (SSSR count). The van der Waals surface area contributed by atoms with Crippen LogP contribution in [0.4, 0.5) is 0 Å². The van der Waals surface area contributed by atoms with Crippen LogP contribution in [0.2, 0.25) is 0 Å². The van der Waals surface area contributed by atoms with Crippen LogP contribution >= 0.6 is 27.7 Å². The van der Waals surface area contributed by atoms with Gasteiger partial charge in [0.1, 0.15) is 0 Å². The number of thioether (sulfide) groups is 1. The van der Waals surface area contributed by atoms with Gasteiger partial charge >= 0.3 is 0 Å². The summed E-state index contributed by atoms with van der Waals surface area (Å²) in [5.74, 6) is 6.55. The smallest absolute Gasteiger partial charge is 0.0311 e. The first-order valence-corrected chi connectivity index (χ1v) is 7.39. The molecular formula is C12H19BrN2S. The highest BCUT2D eigenvalue weighted by Crippen LogP contribution is 2.27. The molecule has 0 aliphatic rings. The van der Waals surface area contributed by atoms with Crippen molar-refractivity contribution in [2.24, 2.45) is 5.84 Å². The first-order chi connectivity index (χ1) is 7.77. The Morgan fingerprint density at radius 2 is 2.19 bits per heavy atom. The van der Waals surface area contributed by atoms with Crippen molar-refractivity contribution in [1.29, 1.82) is 0 Å². The molecule has 0 aliphatic heterocycles. The third-order valence-electron chi connectivity index (χ3n) is 2.42. The number of hydrazine groups is 1. The van der Waals surface area contributed by atoms with E-state index in [9.17, 15) is 0 Å². The summed E-state index contributed by atoms with van der Waals surface area (Å²) in [7, 11) is 0. The Morgan fingerprint density at radius 1 is 1.44 bits per heavy atom. The van der Waals surface area contributed by atoms with Gasteiger partial charge in [-0.1, -0.05) is 31.9 Å². The molecule has 90 valence electrons. The Bertz CT molecular complexity index is 307. The van der Waals surface area contributed by atoms with Crippen molar-refractivity contribution in [3.8, 4) is 0 Å². The zero-order valence-electron chi connectivity index (χ0n) is 9.58. The lowest BCUT2D eigenvalue weighted by molar-refractivity contribution is 0.516. The van der Waals surface area contributed by atoms with Crippen molar-refractivity contribution in [1.82, 2.24) is 5.43 Å². The van der Waals surface area contributed by atoms with Crippen LogP contribution in [0.3, 0.4) is 0 Å². The minimum absolute atomic E-state index is 0.400. The quantitative estimate of drug-likeness (QED) is 0.459. The van der Waals surface area contributed by atoms with Gasteiger partial charge in [0.05, 0.1) is 0 Å². The zero-order chi connectivity index (χ0) is 11.8. The number of nitrogens with one attached hydrogen (secondary N) is 1. The fraction of sp³-hybridized carbons (Fsp3) is 0.500. The van der Waals surface area contributed by atoms with Gasteiger partial charge in [-0.3, -0.25) is 11.3 Å². The van der Waals surface area contributed by atoms with E-state index in [0.29, 0.717) is 6.04 Å². The van der Waals surface area contributed by atoms with Crippen LogP contribution in [-0.4, -0.2) is 11.8 Å². The Hall–Kier alpha value is -0.0300. The largest absolute Gasteiger partial charge is 0.271 e. The highest BCUT2D eigenvalue weighted by molar-refractivity contribution is 9.10. The van der Waals surface area contributed by atoms with Gasteiger partial charge in [-0.2, -0.15) is 0 Å². The zero-order valence-corrected chi connectivity index (χ0v) is 12.0. The second-order valence-corrected chi connectivity index (χ2v) is 5.66. The molecule has 1 unspecified atom stereocenters. The van der Waals surface area contributed by atoms with Gasteiger partial charge in [-0.25, -0.2) is 0 Å². The number of nitrogens with two attached hydrogens (primary N) is 1. The molecule has 0 saturated carbocycles. The van der Waals surface area contributed by atoms with Crippen LogP contribution in [0.1, 0.15) is 26.2 Å². The summed E-state index contributed by atoms with van der Waals surface area (Å²) in [4.78, 5) is 1.28. The Labute approximate surface area is 110 Å². The van der Waals surface area contributed by atoms with E-state index in [1.165, 1.54) is 17.7 Å². The number of benzene rings is 1. The van der Waals surface area contributed by atoms with Crippen LogP contribution < -0.4 is 11.3 Å². The monoisotopic (exact) mass is 302 g/mol. The summed E-state index contributed by atoms with van der Waals surface area (Å²) in [6, 6.07) is 8.69. The van der Waals surface area contributed by atoms with E-state index in [0.717, 1.165) is 16.6 Å². The van der Waals surface area contributed by atoms with Crippen molar-refractivity contribution < 1.29 is 0 Å². The van der Waals surface area contributed by atoms with Gasteiger partial charge in [0.15, 0.2) is 0 Å². The molecule has 0 radical (unpaired) electrons. The lowest BCUT2D eigenvalue weighted by Crippen LogP contribution is -2.36. The molecular weight excluding hydrogens is 284 g/mol. The topological polar surface area (TPSA) is 38.0 Å². The fourth-order valence-electron chi connectivity index (χ4n) is 1.42. The summed E-state index contributed by atoms with van der Waals surface area (Å²) in [5.41, 5.74) is 2.89. The third kappa shape index (κ3) is 4.87. The molecule has 0 amide bonds. The van der Waals surface area contributed by atoms with Gasteiger partial charge in [0.25, 0.3) is 0 Å². The first-order valence-electron chi connectivity index (χ1n) is 5.61. The molecule has 0 bridgehead atoms. The maximum Gasteiger partial charge on any atom is 0.0311 e. The van der Waals surface area contributed by atoms with Gasteiger partial charge in [0.2, 0.25) is 0 Å². The predicted octanol–water partition coefficient (Wildman–Crippen LogP) is 3.56. The summed E-state index contributed by atoms with van der Waals surface area (Å²) in [5, 5.41) is 0. The van der Waals surface area contributed by atoms with Crippen LogP contribution in [0.25, 0.3) is 0 Å². The Kier molecular flexibility index (Phi) is 7.12. The fourth-order valence-corrected chi connectivity index (χ4v) is 3.07. The molecule has 0 aliphatic carbocycles. The normalized spacial score (nSPS) is 12.7. The highest BCUT2D eigenvalue weighted by Gasteiger charge is 2.07. The van der Waals surface area contributed by atoms with E-state index in [4.69, 9.17) is 5.84 Å². The van der Waals surface area contributed by atoms with E-state index in [-0.39, 0.29) is 0 Å². The SMILES string of the molecule is CCCCC(CSc1ccccc1Br)NN. The van der Waals surface area contributed by atoms with Gasteiger partial charge in [0, 0.05) is 21.2 Å². The third-order valence-corrected chi connectivity index (χ3v) is 4.61. The molecule has 2 nitrogen and oxygen atoms in total. The van der Waals surface area contributed by atoms with Gasteiger partial charge in [-0.15, -0.1) is 11.8 Å². The summed E-state index contributed by atoms with van der Waals surface area (Å²) >= 11 is 5.39. The molecule has 0 heterocycles. The van der Waals surface area contributed by atoms with E-state index < -0.39 is 0 Å². The standard InChI is InChI=1S/C12H19BrN2S/c1-2-3-6-10(15-14)9-16-12-8-5-4-7-11(12)13/h4-5,7-8,10,15H,2-3,6,9,14H2,1H3. The molecule has 1 aromatic carbocycles. The second kappa shape index (κ2) is 8.12. The van der Waals surface area contributed by atoms with Crippen LogP contribution in [0.5, 0.6) is 0 Å². The highest BCUT2D eigenvalue weighted by atomic mass is 79.9. The van der Waals surface area contributed by atoms with Crippen molar-refractivity contribution in [2.45, 2.75) is 37.1 Å². The molecule has 0 spiro atoms. The van der Waals surface area contributed by atoms with Crippen LogP contribution in [0, 0.1) is 0 Å². The molecule has 16 heavy (non-hydrogen) atoms. The Balaban J connectivity index is 2.40. The lowest BCUT2D eigenvalue weighted by Gasteiger charge is -2.15. The summed E-state index contributed by atoms with van der Waals surface area (Å²) in [6.07, 6.45) is 3.59. The molecule has 4 heteroatoms. The summed E-state index contributed by atoms with van der Waals surface area (Å²) in [6.45, 7) is 2.20. The minimum atomic E-state index is 0.400. The molecule has 3 N–H and O–H groups in total. The lowest BCUT2D eigenvalue weighted by atomic mass is 10.1. The Morgan fingerprint density at radius 3 is 2.81 bits per heavy atom. The second-order valence-electron chi connectivity index (χ2n) is 3.75. The minimum Gasteiger partial charge on any atom is -0.271 e. The van der Waals surface area contributed by atoms with Crippen molar-refractivity contribution in [3.05, 3.63) is 28.7 Å². The number of unbranched alkanes of at least 4 members (excludes halogenated alkanes) is 1. The van der Waals surface area contributed by atoms with E-state index in [1.54, 1.807) is 0 Å².